The Morgan fingerprint density at radius 1 is 1.23 bits per heavy atom. The third-order valence-electron chi connectivity index (χ3n) is 3.93. The van der Waals surface area contributed by atoms with Gasteiger partial charge in [-0.05, 0) is 25.9 Å². The zero-order valence-corrected chi connectivity index (χ0v) is 13.6. The van der Waals surface area contributed by atoms with E-state index in [1.165, 1.54) is 12.8 Å². The quantitative estimate of drug-likeness (QED) is 0.823. The molecule has 0 radical (unpaired) electrons. The molecule has 1 aromatic heterocycles. The number of aliphatic hydroxyl groups is 1. The highest BCUT2D eigenvalue weighted by Gasteiger charge is 2.15. The molecule has 4 nitrogen and oxygen atoms in total. The van der Waals surface area contributed by atoms with E-state index in [2.05, 4.69) is 32.7 Å². The van der Waals surface area contributed by atoms with Crippen molar-refractivity contribution >= 4 is 11.3 Å². The summed E-state index contributed by atoms with van der Waals surface area (Å²) in [5.41, 5.74) is 2.20. The molecule has 0 amide bonds. The molecule has 118 valence electrons. The van der Waals surface area contributed by atoms with Crippen molar-refractivity contribution in [3.05, 3.63) is 41.4 Å². The van der Waals surface area contributed by atoms with Crippen molar-refractivity contribution in [2.75, 3.05) is 26.2 Å². The van der Waals surface area contributed by atoms with Crippen LogP contribution in [-0.2, 0) is 6.54 Å². The molecule has 1 aromatic carbocycles. The summed E-state index contributed by atoms with van der Waals surface area (Å²) in [6.07, 6.45) is 2.23. The summed E-state index contributed by atoms with van der Waals surface area (Å²) in [5, 5.41) is 16.5. The number of benzene rings is 1. The number of nitrogens with one attached hydrogen (secondary N) is 1. The summed E-state index contributed by atoms with van der Waals surface area (Å²) in [5.74, 6) is 0. The highest BCUT2D eigenvalue weighted by Crippen LogP contribution is 2.23. The van der Waals surface area contributed by atoms with Crippen LogP contribution in [0.2, 0.25) is 0 Å². The molecule has 0 aliphatic carbocycles. The molecule has 5 heteroatoms. The normalized spacial score (nSPS) is 17.0. The van der Waals surface area contributed by atoms with Crippen LogP contribution in [0.4, 0.5) is 0 Å². The maximum absolute atomic E-state index is 10.0. The van der Waals surface area contributed by atoms with E-state index in [4.69, 9.17) is 0 Å². The van der Waals surface area contributed by atoms with Gasteiger partial charge >= 0.3 is 0 Å². The number of nitrogens with zero attached hydrogens (tertiary/aromatic N) is 2. The summed E-state index contributed by atoms with van der Waals surface area (Å²) in [7, 11) is 0. The average Bonchev–Trinajstić information content (AvgIpc) is 3.20. The van der Waals surface area contributed by atoms with E-state index in [0.29, 0.717) is 13.1 Å². The van der Waals surface area contributed by atoms with Gasteiger partial charge in [0, 0.05) is 30.6 Å². The number of likely N-dealkylation sites (tertiary alicyclic amines) is 1. The van der Waals surface area contributed by atoms with Gasteiger partial charge in [0.15, 0.2) is 0 Å². The second-order valence-corrected chi connectivity index (χ2v) is 6.66. The van der Waals surface area contributed by atoms with Crippen LogP contribution >= 0.6 is 11.3 Å². The molecule has 22 heavy (non-hydrogen) atoms. The molecule has 0 saturated carbocycles. The number of hydrogen-bond acceptors (Lipinski definition) is 5. The smallest absolute Gasteiger partial charge is 0.123 e. The Morgan fingerprint density at radius 3 is 2.77 bits per heavy atom. The predicted molar refractivity (Wildman–Crippen MR) is 90.9 cm³/mol. The molecule has 0 spiro atoms. The van der Waals surface area contributed by atoms with Crippen LogP contribution in [0.3, 0.4) is 0 Å². The maximum atomic E-state index is 10.0. The van der Waals surface area contributed by atoms with Gasteiger partial charge in [-0.15, -0.1) is 11.3 Å². The van der Waals surface area contributed by atoms with Crippen molar-refractivity contribution in [3.63, 3.8) is 0 Å². The molecule has 1 unspecified atom stereocenters. The van der Waals surface area contributed by atoms with Gasteiger partial charge in [0.25, 0.3) is 0 Å². The first-order chi connectivity index (χ1) is 10.8. The average molecular weight is 317 g/mol. The number of thiazole rings is 1. The van der Waals surface area contributed by atoms with Crippen LogP contribution in [0.25, 0.3) is 10.6 Å². The van der Waals surface area contributed by atoms with Gasteiger partial charge < -0.3 is 15.3 Å². The minimum Gasteiger partial charge on any atom is -0.390 e. The van der Waals surface area contributed by atoms with Gasteiger partial charge in [0.1, 0.15) is 5.01 Å². The van der Waals surface area contributed by atoms with Gasteiger partial charge in [-0.1, -0.05) is 30.3 Å². The summed E-state index contributed by atoms with van der Waals surface area (Å²) in [6.45, 7) is 4.36. The Morgan fingerprint density at radius 2 is 2.00 bits per heavy atom. The predicted octanol–water partition coefficient (Wildman–Crippen LogP) is 2.36. The molecular formula is C17H23N3OS. The molecule has 0 bridgehead atoms. The van der Waals surface area contributed by atoms with Crippen LogP contribution < -0.4 is 5.32 Å². The van der Waals surface area contributed by atoms with Gasteiger partial charge in [-0.25, -0.2) is 4.98 Å². The molecule has 3 rings (SSSR count). The standard InChI is InChI=1S/C17H23N3OS/c21-16(12-20-8-4-5-9-20)11-18-10-15-13-22-17(19-15)14-6-2-1-3-7-14/h1-3,6-7,13,16,18,21H,4-5,8-12H2. The molecule has 1 fully saturated rings. The van der Waals surface area contributed by atoms with Crippen LogP contribution in [0.1, 0.15) is 18.5 Å². The number of hydrogen-bond donors (Lipinski definition) is 2. The molecule has 1 aliphatic rings. The summed E-state index contributed by atoms with van der Waals surface area (Å²) in [6, 6.07) is 10.2. The lowest BCUT2D eigenvalue weighted by atomic mass is 10.2. The Balaban J connectivity index is 1.43. The van der Waals surface area contributed by atoms with Crippen molar-refractivity contribution in [1.82, 2.24) is 15.2 Å². The first-order valence-electron chi connectivity index (χ1n) is 7.92. The first-order valence-corrected chi connectivity index (χ1v) is 8.80. The largest absolute Gasteiger partial charge is 0.390 e. The SMILES string of the molecule is OC(CNCc1csc(-c2ccccc2)n1)CN1CCCC1. The van der Waals surface area contributed by atoms with Crippen molar-refractivity contribution in [1.29, 1.82) is 0 Å². The van der Waals surface area contributed by atoms with Crippen molar-refractivity contribution < 1.29 is 5.11 Å². The van der Waals surface area contributed by atoms with Crippen molar-refractivity contribution in [2.24, 2.45) is 0 Å². The molecule has 1 aliphatic heterocycles. The highest BCUT2D eigenvalue weighted by atomic mass is 32.1. The van der Waals surface area contributed by atoms with E-state index in [1.807, 2.05) is 18.2 Å². The van der Waals surface area contributed by atoms with E-state index in [9.17, 15) is 5.11 Å². The minimum atomic E-state index is -0.301. The van der Waals surface area contributed by atoms with E-state index in [0.717, 1.165) is 35.9 Å². The Kier molecular flexibility index (Phi) is 5.56. The first kappa shape index (κ1) is 15.6. The lowest BCUT2D eigenvalue weighted by Crippen LogP contribution is -2.36. The fourth-order valence-corrected chi connectivity index (χ4v) is 3.62. The fraction of sp³-hybridized carbons (Fsp3) is 0.471. The molecule has 2 N–H and O–H groups in total. The zero-order chi connectivity index (χ0) is 15.2. The topological polar surface area (TPSA) is 48.4 Å². The van der Waals surface area contributed by atoms with Gasteiger partial charge in [0.05, 0.1) is 11.8 Å². The number of β-amino-alcohol motifs (C(OH)–C–C–N with tert-alkyl or cyclic N) is 1. The fourth-order valence-electron chi connectivity index (χ4n) is 2.80. The number of aliphatic hydroxyl groups excluding tert-OH is 1. The third-order valence-corrected chi connectivity index (χ3v) is 4.87. The van der Waals surface area contributed by atoms with Gasteiger partial charge in [-0.3, -0.25) is 0 Å². The van der Waals surface area contributed by atoms with Crippen LogP contribution in [0.15, 0.2) is 35.7 Å². The second kappa shape index (κ2) is 7.83. The summed E-state index contributed by atoms with van der Waals surface area (Å²) in [4.78, 5) is 6.98. The Bertz CT molecular complexity index is 566. The lowest BCUT2D eigenvalue weighted by molar-refractivity contribution is 0.123. The van der Waals surface area contributed by atoms with Crippen LogP contribution in [-0.4, -0.2) is 47.3 Å². The lowest BCUT2D eigenvalue weighted by Gasteiger charge is -2.19. The van der Waals surface area contributed by atoms with E-state index in [1.54, 1.807) is 11.3 Å². The molecule has 1 atom stereocenters. The summed E-state index contributed by atoms with van der Waals surface area (Å²) < 4.78 is 0. The Labute approximate surface area is 135 Å². The van der Waals surface area contributed by atoms with E-state index < -0.39 is 0 Å². The monoisotopic (exact) mass is 317 g/mol. The van der Waals surface area contributed by atoms with Gasteiger partial charge in [-0.2, -0.15) is 0 Å². The highest BCUT2D eigenvalue weighted by molar-refractivity contribution is 7.13. The molecule has 1 saturated heterocycles. The minimum absolute atomic E-state index is 0.301. The number of rotatable bonds is 7. The van der Waals surface area contributed by atoms with E-state index in [-0.39, 0.29) is 6.10 Å². The van der Waals surface area contributed by atoms with E-state index >= 15 is 0 Å². The third kappa shape index (κ3) is 4.36. The zero-order valence-electron chi connectivity index (χ0n) is 12.7. The van der Waals surface area contributed by atoms with Crippen molar-refractivity contribution in [3.8, 4) is 10.6 Å². The van der Waals surface area contributed by atoms with Crippen LogP contribution in [0, 0.1) is 0 Å². The van der Waals surface area contributed by atoms with Gasteiger partial charge in [0.2, 0.25) is 0 Å². The van der Waals surface area contributed by atoms with Crippen LogP contribution in [0.5, 0.6) is 0 Å². The maximum Gasteiger partial charge on any atom is 0.123 e. The Hall–Kier alpha value is -1.27. The molecular weight excluding hydrogens is 294 g/mol. The molecule has 2 aromatic rings. The molecule has 2 heterocycles. The van der Waals surface area contributed by atoms with Crippen molar-refractivity contribution in [2.45, 2.75) is 25.5 Å². The number of aromatic nitrogens is 1. The summed E-state index contributed by atoms with van der Waals surface area (Å²) >= 11 is 1.67. The second-order valence-electron chi connectivity index (χ2n) is 5.80.